The van der Waals surface area contributed by atoms with E-state index in [0.29, 0.717) is 0 Å². The van der Waals surface area contributed by atoms with Gasteiger partial charge < -0.3 is 0 Å². The first kappa shape index (κ1) is 26.7. The van der Waals surface area contributed by atoms with E-state index in [9.17, 15) is 0 Å². The van der Waals surface area contributed by atoms with E-state index in [0.717, 1.165) is 6.42 Å². The largest absolute Gasteiger partial charge is 0.0807 e. The average Bonchev–Trinajstić information content (AvgIpc) is 3.37. The highest BCUT2D eigenvalue weighted by Gasteiger charge is 2.17. The van der Waals surface area contributed by atoms with E-state index < -0.39 is 0 Å². The van der Waals surface area contributed by atoms with Crippen molar-refractivity contribution in [2.75, 3.05) is 0 Å². The molecule has 0 atom stereocenters. The highest BCUT2D eigenvalue weighted by atomic mass is 14.2. The highest BCUT2D eigenvalue weighted by Crippen LogP contribution is 2.43. The Hall–Kier alpha value is -5.20. The first-order chi connectivity index (χ1) is 21.3. The summed E-state index contributed by atoms with van der Waals surface area (Å²) in [7, 11) is 0. The predicted molar refractivity (Wildman–Crippen MR) is 190 cm³/mol. The van der Waals surface area contributed by atoms with E-state index in [1.165, 1.54) is 76.5 Å². The molecule has 0 amide bonds. The summed E-state index contributed by atoms with van der Waals surface area (Å²) in [6, 6.07) is 46.9. The van der Waals surface area contributed by atoms with Crippen molar-refractivity contribution >= 4 is 48.7 Å². The zero-order valence-corrected chi connectivity index (χ0v) is 24.7. The zero-order chi connectivity index (χ0) is 29.2. The Morgan fingerprint density at radius 2 is 1.05 bits per heavy atom. The minimum Gasteiger partial charge on any atom is -0.0807 e. The summed E-state index contributed by atoms with van der Waals surface area (Å²) in [6.45, 7) is 4.00. The van der Waals surface area contributed by atoms with E-state index in [1.807, 2.05) is 13.8 Å². The van der Waals surface area contributed by atoms with Crippen LogP contribution in [0.4, 0.5) is 0 Å². The van der Waals surface area contributed by atoms with Gasteiger partial charge in [-0.2, -0.15) is 0 Å². The van der Waals surface area contributed by atoms with Gasteiger partial charge in [0.1, 0.15) is 0 Å². The fourth-order valence-corrected chi connectivity index (χ4v) is 6.53. The molecular weight excluding hydrogens is 516 g/mol. The van der Waals surface area contributed by atoms with Gasteiger partial charge in [-0.15, -0.1) is 0 Å². The molecule has 1 aliphatic carbocycles. The van der Waals surface area contributed by atoms with Crippen molar-refractivity contribution in [2.24, 2.45) is 0 Å². The number of allylic oxidation sites excluding steroid dienone is 6. The van der Waals surface area contributed by atoms with Crippen LogP contribution in [0.3, 0.4) is 0 Å². The molecule has 0 spiro atoms. The second-order valence-corrected chi connectivity index (χ2v) is 10.8. The van der Waals surface area contributed by atoms with Crippen LogP contribution in [0.1, 0.15) is 25.8 Å². The van der Waals surface area contributed by atoms with E-state index in [1.54, 1.807) is 0 Å². The van der Waals surface area contributed by atoms with Crippen molar-refractivity contribution in [3.63, 3.8) is 0 Å². The third kappa shape index (κ3) is 4.76. The van der Waals surface area contributed by atoms with Crippen LogP contribution in [-0.4, -0.2) is 0 Å². The van der Waals surface area contributed by atoms with Gasteiger partial charge >= 0.3 is 0 Å². The fourth-order valence-electron chi connectivity index (χ4n) is 6.53. The zero-order valence-electron chi connectivity index (χ0n) is 24.7. The average molecular weight is 551 g/mol. The van der Waals surface area contributed by atoms with Crippen LogP contribution in [0, 0.1) is 0 Å². The molecule has 43 heavy (non-hydrogen) atoms. The third-order valence-corrected chi connectivity index (χ3v) is 8.43. The maximum Gasteiger partial charge on any atom is -0.00261 e. The molecule has 8 rings (SSSR count). The van der Waals surface area contributed by atoms with Crippen molar-refractivity contribution in [3.8, 4) is 22.3 Å². The number of fused-ring (bicyclic) bond motifs is 4. The summed E-state index contributed by atoms with van der Waals surface area (Å²) < 4.78 is 0. The molecule has 0 heteroatoms. The summed E-state index contributed by atoms with van der Waals surface area (Å²) in [4.78, 5) is 0. The number of rotatable bonds is 3. The first-order valence-corrected chi connectivity index (χ1v) is 15.3. The van der Waals surface area contributed by atoms with Crippen LogP contribution >= 0.6 is 0 Å². The lowest BCUT2D eigenvalue weighted by Gasteiger charge is -2.18. The van der Waals surface area contributed by atoms with Gasteiger partial charge in [-0.25, -0.2) is 0 Å². The van der Waals surface area contributed by atoms with Crippen LogP contribution in [-0.2, 0) is 0 Å². The molecule has 0 bridgehead atoms. The SMILES string of the molecule is C1=CCC=CC(c2c3ccccc3c(-c3ccc4cccc(-c5ccc6ccccc6c5)c4c3)c3ccccc23)=C1.CC. The lowest BCUT2D eigenvalue weighted by Crippen LogP contribution is -1.93. The molecule has 1 aliphatic rings. The van der Waals surface area contributed by atoms with Gasteiger partial charge in [0, 0.05) is 0 Å². The van der Waals surface area contributed by atoms with Crippen molar-refractivity contribution in [1.82, 2.24) is 0 Å². The Morgan fingerprint density at radius 3 is 1.79 bits per heavy atom. The Balaban J connectivity index is 0.00000147. The smallest absolute Gasteiger partial charge is 0.00261 e. The first-order valence-electron chi connectivity index (χ1n) is 15.3. The van der Waals surface area contributed by atoms with Gasteiger partial charge in [-0.1, -0.05) is 159 Å². The molecule has 0 unspecified atom stereocenters. The summed E-state index contributed by atoms with van der Waals surface area (Å²) in [5.74, 6) is 0. The second kappa shape index (κ2) is 11.6. The maximum atomic E-state index is 2.40. The topological polar surface area (TPSA) is 0 Å². The summed E-state index contributed by atoms with van der Waals surface area (Å²) in [5.41, 5.74) is 7.62. The number of hydrogen-bond donors (Lipinski definition) is 0. The molecule has 0 saturated carbocycles. The Kier molecular flexibility index (Phi) is 7.19. The van der Waals surface area contributed by atoms with Gasteiger partial charge in [-0.05, 0) is 95.0 Å². The van der Waals surface area contributed by atoms with Crippen LogP contribution in [0.2, 0.25) is 0 Å². The summed E-state index contributed by atoms with van der Waals surface area (Å²) in [6.07, 6.45) is 12.1. The van der Waals surface area contributed by atoms with Crippen molar-refractivity contribution in [1.29, 1.82) is 0 Å². The number of hydrogen-bond acceptors (Lipinski definition) is 0. The predicted octanol–water partition coefficient (Wildman–Crippen LogP) is 12.6. The minimum absolute atomic E-state index is 0.963. The molecule has 0 fully saturated rings. The van der Waals surface area contributed by atoms with Gasteiger partial charge in [0.25, 0.3) is 0 Å². The third-order valence-electron chi connectivity index (χ3n) is 8.43. The normalized spacial score (nSPS) is 12.7. The Morgan fingerprint density at radius 1 is 0.442 bits per heavy atom. The van der Waals surface area contributed by atoms with E-state index in [4.69, 9.17) is 0 Å². The van der Waals surface area contributed by atoms with Crippen LogP contribution in [0.25, 0.3) is 70.9 Å². The number of benzene rings is 7. The standard InChI is InChI=1S/C41H28.C2H6/c1-2-4-14-30(13-3-1)40-35-17-7-9-19-37(35)41(38-20-10-8-18-36(38)40)33-25-23-29-16-11-21-34(39(29)27-33)32-24-22-28-12-5-6-15-31(28)26-32;1-2/h1,3-27H,2H2;1-2H3. The summed E-state index contributed by atoms with van der Waals surface area (Å²) >= 11 is 0. The lowest BCUT2D eigenvalue weighted by molar-refractivity contribution is 1.41. The monoisotopic (exact) mass is 550 g/mol. The minimum atomic E-state index is 0.963. The van der Waals surface area contributed by atoms with Crippen molar-refractivity contribution in [2.45, 2.75) is 20.3 Å². The molecule has 0 radical (unpaired) electrons. The van der Waals surface area contributed by atoms with Crippen LogP contribution in [0.15, 0.2) is 158 Å². The molecule has 7 aromatic carbocycles. The van der Waals surface area contributed by atoms with Gasteiger partial charge in [0.2, 0.25) is 0 Å². The fraction of sp³-hybridized carbons (Fsp3) is 0.0698. The molecular formula is C43H34. The summed E-state index contributed by atoms with van der Waals surface area (Å²) in [5, 5.41) is 10.2. The van der Waals surface area contributed by atoms with E-state index >= 15 is 0 Å². The van der Waals surface area contributed by atoms with Gasteiger partial charge in [0.15, 0.2) is 0 Å². The molecule has 0 aromatic heterocycles. The van der Waals surface area contributed by atoms with Gasteiger partial charge in [-0.3, -0.25) is 0 Å². The van der Waals surface area contributed by atoms with Crippen LogP contribution in [0.5, 0.6) is 0 Å². The van der Waals surface area contributed by atoms with Crippen molar-refractivity contribution in [3.05, 3.63) is 163 Å². The van der Waals surface area contributed by atoms with Crippen molar-refractivity contribution < 1.29 is 0 Å². The highest BCUT2D eigenvalue weighted by molar-refractivity contribution is 6.20. The molecule has 7 aromatic rings. The maximum absolute atomic E-state index is 2.40. The second-order valence-electron chi connectivity index (χ2n) is 10.8. The van der Waals surface area contributed by atoms with E-state index in [2.05, 4.69) is 158 Å². The molecule has 206 valence electrons. The van der Waals surface area contributed by atoms with Crippen LogP contribution < -0.4 is 0 Å². The quantitative estimate of drug-likeness (QED) is 0.192. The Labute approximate surface area is 253 Å². The molecule has 0 heterocycles. The van der Waals surface area contributed by atoms with E-state index in [-0.39, 0.29) is 0 Å². The molecule has 0 nitrogen and oxygen atoms in total. The lowest BCUT2D eigenvalue weighted by atomic mass is 9.85. The molecule has 0 aliphatic heterocycles. The van der Waals surface area contributed by atoms with Gasteiger partial charge in [0.05, 0.1) is 0 Å². The molecule has 0 saturated heterocycles. The molecule has 0 N–H and O–H groups in total. The Bertz CT molecular complexity index is 2160.